The van der Waals surface area contributed by atoms with Gasteiger partial charge in [0.1, 0.15) is 5.75 Å². The topological polar surface area (TPSA) is 26.3 Å². The van der Waals surface area contributed by atoms with E-state index in [1.807, 2.05) is 42.5 Å². The molecule has 0 saturated carbocycles. The van der Waals surface area contributed by atoms with E-state index >= 15 is 0 Å². The maximum atomic E-state index is 11.8. The van der Waals surface area contributed by atoms with E-state index in [1.54, 1.807) is 12.1 Å². The lowest BCUT2D eigenvalue weighted by Crippen LogP contribution is -2.11. The minimum absolute atomic E-state index is 0.00902. The molecule has 0 saturated heterocycles. The molecule has 0 N–H and O–H groups in total. The Bertz CT molecular complexity index is 509. The third kappa shape index (κ3) is 3.30. The number of carbonyl (C=O) groups excluding carboxylic acids is 1. The fourth-order valence-electron chi connectivity index (χ4n) is 1.41. The van der Waals surface area contributed by atoms with Crippen molar-refractivity contribution < 1.29 is 9.53 Å². The Labute approximate surface area is 114 Å². The van der Waals surface area contributed by atoms with Gasteiger partial charge in [-0.05, 0) is 34.7 Å². The molecule has 0 aromatic heterocycles. The molecule has 0 aliphatic rings. The Kier molecular flexibility index (Phi) is 4.14. The van der Waals surface area contributed by atoms with Gasteiger partial charge in [-0.15, -0.1) is 0 Å². The van der Waals surface area contributed by atoms with Gasteiger partial charge in [0.05, 0.1) is 3.57 Å². The third-order valence-electron chi connectivity index (χ3n) is 2.29. The molecule has 2 nitrogen and oxygen atoms in total. The first kappa shape index (κ1) is 12.1. The van der Waals surface area contributed by atoms with Gasteiger partial charge in [-0.1, -0.05) is 42.5 Å². The number of rotatable bonds is 4. The van der Waals surface area contributed by atoms with Crippen LogP contribution in [0.25, 0.3) is 0 Å². The van der Waals surface area contributed by atoms with Crippen molar-refractivity contribution in [1.82, 2.24) is 0 Å². The highest BCUT2D eigenvalue weighted by Gasteiger charge is 2.07. The second-order valence-corrected chi connectivity index (χ2v) is 4.67. The number of carbonyl (C=O) groups is 1. The SMILES string of the molecule is O=C(COc1ccccc1I)c1ccccc1. The van der Waals surface area contributed by atoms with Crippen molar-refractivity contribution >= 4 is 28.4 Å². The van der Waals surface area contributed by atoms with Crippen LogP contribution in [0.3, 0.4) is 0 Å². The molecule has 0 aliphatic carbocycles. The van der Waals surface area contributed by atoms with E-state index in [9.17, 15) is 4.79 Å². The normalized spacial score (nSPS) is 9.94. The zero-order valence-corrected chi connectivity index (χ0v) is 11.3. The number of hydrogen-bond donors (Lipinski definition) is 0. The largest absolute Gasteiger partial charge is 0.484 e. The van der Waals surface area contributed by atoms with Crippen LogP contribution in [0.5, 0.6) is 5.75 Å². The maximum absolute atomic E-state index is 11.8. The smallest absolute Gasteiger partial charge is 0.200 e. The molecular weight excluding hydrogens is 327 g/mol. The van der Waals surface area contributed by atoms with Crippen molar-refractivity contribution in [2.75, 3.05) is 6.61 Å². The number of para-hydroxylation sites is 1. The van der Waals surface area contributed by atoms with Crippen molar-refractivity contribution in [2.24, 2.45) is 0 Å². The number of hydrogen-bond acceptors (Lipinski definition) is 2. The fourth-order valence-corrected chi connectivity index (χ4v) is 1.96. The molecule has 2 aromatic carbocycles. The van der Waals surface area contributed by atoms with Crippen LogP contribution in [0.4, 0.5) is 0 Å². The summed E-state index contributed by atoms with van der Waals surface area (Å²) in [4.78, 5) is 11.8. The van der Waals surface area contributed by atoms with Crippen molar-refractivity contribution in [2.45, 2.75) is 0 Å². The van der Waals surface area contributed by atoms with Gasteiger partial charge >= 0.3 is 0 Å². The van der Waals surface area contributed by atoms with Crippen molar-refractivity contribution in [3.63, 3.8) is 0 Å². The molecule has 0 fully saturated rings. The highest BCUT2D eigenvalue weighted by molar-refractivity contribution is 14.1. The molecule has 0 amide bonds. The van der Waals surface area contributed by atoms with E-state index in [2.05, 4.69) is 22.6 Å². The second-order valence-electron chi connectivity index (χ2n) is 3.51. The number of ether oxygens (including phenoxy) is 1. The summed E-state index contributed by atoms with van der Waals surface area (Å²) in [5, 5.41) is 0. The lowest BCUT2D eigenvalue weighted by atomic mass is 10.1. The molecule has 0 aliphatic heterocycles. The molecule has 0 atom stereocenters. The molecule has 2 aromatic rings. The van der Waals surface area contributed by atoms with Gasteiger partial charge in [0.25, 0.3) is 0 Å². The van der Waals surface area contributed by atoms with Crippen molar-refractivity contribution in [3.05, 3.63) is 63.7 Å². The summed E-state index contributed by atoms with van der Waals surface area (Å²) in [7, 11) is 0. The molecule has 17 heavy (non-hydrogen) atoms. The Morgan fingerprint density at radius 1 is 1.00 bits per heavy atom. The predicted molar refractivity (Wildman–Crippen MR) is 75.4 cm³/mol. The lowest BCUT2D eigenvalue weighted by molar-refractivity contribution is 0.0921. The molecule has 0 bridgehead atoms. The number of Topliss-reactive ketones (excluding diaryl/α,β-unsaturated/α-hetero) is 1. The van der Waals surface area contributed by atoms with E-state index in [4.69, 9.17) is 4.74 Å². The monoisotopic (exact) mass is 338 g/mol. The van der Waals surface area contributed by atoms with E-state index in [0.717, 1.165) is 9.32 Å². The van der Waals surface area contributed by atoms with Gasteiger partial charge < -0.3 is 4.74 Å². The molecule has 0 unspecified atom stereocenters. The highest BCUT2D eigenvalue weighted by atomic mass is 127. The van der Waals surface area contributed by atoms with E-state index in [0.29, 0.717) is 5.56 Å². The van der Waals surface area contributed by atoms with E-state index in [1.165, 1.54) is 0 Å². The summed E-state index contributed by atoms with van der Waals surface area (Å²) in [5.41, 5.74) is 0.679. The molecule has 86 valence electrons. The molecule has 0 radical (unpaired) electrons. The minimum Gasteiger partial charge on any atom is -0.484 e. The van der Waals surface area contributed by atoms with Crippen LogP contribution in [-0.2, 0) is 0 Å². The van der Waals surface area contributed by atoms with Crippen LogP contribution in [0, 0.1) is 3.57 Å². The van der Waals surface area contributed by atoms with Crippen LogP contribution in [0.2, 0.25) is 0 Å². The van der Waals surface area contributed by atoms with Crippen molar-refractivity contribution in [3.8, 4) is 5.75 Å². The molecule has 0 heterocycles. The average molecular weight is 338 g/mol. The Morgan fingerprint density at radius 2 is 1.65 bits per heavy atom. The number of ketones is 1. The van der Waals surface area contributed by atoms with E-state index < -0.39 is 0 Å². The Hall–Kier alpha value is -1.36. The molecular formula is C14H11IO2. The minimum atomic E-state index is -0.00902. The lowest BCUT2D eigenvalue weighted by Gasteiger charge is -2.07. The van der Waals surface area contributed by atoms with Gasteiger partial charge in [-0.25, -0.2) is 0 Å². The van der Waals surface area contributed by atoms with Crippen LogP contribution < -0.4 is 4.74 Å². The zero-order valence-electron chi connectivity index (χ0n) is 9.10. The van der Waals surface area contributed by atoms with Gasteiger partial charge in [0, 0.05) is 5.56 Å². The maximum Gasteiger partial charge on any atom is 0.200 e. The molecule has 2 rings (SSSR count). The summed E-state index contributed by atoms with van der Waals surface area (Å²) < 4.78 is 6.50. The summed E-state index contributed by atoms with van der Waals surface area (Å²) in [6, 6.07) is 16.8. The summed E-state index contributed by atoms with van der Waals surface area (Å²) in [5.74, 6) is 0.739. The van der Waals surface area contributed by atoms with Crippen LogP contribution in [-0.4, -0.2) is 12.4 Å². The highest BCUT2D eigenvalue weighted by Crippen LogP contribution is 2.19. The first-order valence-electron chi connectivity index (χ1n) is 5.23. The second kappa shape index (κ2) is 5.82. The van der Waals surface area contributed by atoms with Crippen molar-refractivity contribution in [1.29, 1.82) is 0 Å². The van der Waals surface area contributed by atoms with E-state index in [-0.39, 0.29) is 12.4 Å². The van der Waals surface area contributed by atoms with Gasteiger partial charge in [-0.2, -0.15) is 0 Å². The predicted octanol–water partition coefficient (Wildman–Crippen LogP) is 3.55. The Balaban J connectivity index is 2.00. The Morgan fingerprint density at radius 3 is 2.35 bits per heavy atom. The summed E-state index contributed by atoms with van der Waals surface area (Å²) in [6.07, 6.45) is 0. The first-order chi connectivity index (χ1) is 8.27. The van der Waals surface area contributed by atoms with Gasteiger partial charge in [0.15, 0.2) is 12.4 Å². The standard InChI is InChI=1S/C14H11IO2/c15-12-8-4-5-9-14(12)17-10-13(16)11-6-2-1-3-7-11/h1-9H,10H2. The van der Waals surface area contributed by atoms with Gasteiger partial charge in [0.2, 0.25) is 0 Å². The van der Waals surface area contributed by atoms with Crippen LogP contribution in [0.1, 0.15) is 10.4 Å². The van der Waals surface area contributed by atoms with Crippen LogP contribution >= 0.6 is 22.6 Å². The summed E-state index contributed by atoms with van der Waals surface area (Å²) in [6.45, 7) is 0.0734. The fraction of sp³-hybridized carbons (Fsp3) is 0.0714. The molecule has 3 heteroatoms. The van der Waals surface area contributed by atoms with Crippen LogP contribution in [0.15, 0.2) is 54.6 Å². The zero-order chi connectivity index (χ0) is 12.1. The summed E-state index contributed by atoms with van der Waals surface area (Å²) >= 11 is 2.19. The van der Waals surface area contributed by atoms with Gasteiger partial charge in [-0.3, -0.25) is 4.79 Å². The first-order valence-corrected chi connectivity index (χ1v) is 6.31. The number of benzene rings is 2. The average Bonchev–Trinajstić information content (AvgIpc) is 2.38. The number of halogens is 1. The third-order valence-corrected chi connectivity index (χ3v) is 3.18. The molecule has 0 spiro atoms. The quantitative estimate of drug-likeness (QED) is 0.630.